The molecule has 0 atom stereocenters. The Morgan fingerprint density at radius 1 is 1.31 bits per heavy atom. The average molecular weight is 453 g/mol. The first-order chi connectivity index (χ1) is 12.2. The zero-order valence-corrected chi connectivity index (χ0v) is 15.8. The quantitative estimate of drug-likeness (QED) is 0.639. The van der Waals surface area contributed by atoms with Crippen molar-refractivity contribution >= 4 is 39.3 Å². The van der Waals surface area contributed by atoms with Gasteiger partial charge in [-0.3, -0.25) is 4.79 Å². The van der Waals surface area contributed by atoms with Gasteiger partial charge < -0.3 is 15.4 Å². The molecule has 0 fully saturated rings. The summed E-state index contributed by atoms with van der Waals surface area (Å²) in [6.45, 7) is 0.461. The second-order valence-electron chi connectivity index (χ2n) is 5.08. The van der Waals surface area contributed by atoms with Crippen molar-refractivity contribution in [3.63, 3.8) is 0 Å². The summed E-state index contributed by atoms with van der Waals surface area (Å²) >= 11 is 9.08. The number of aromatic nitrogens is 1. The first kappa shape index (κ1) is 20.3. The second kappa shape index (κ2) is 8.59. The number of amides is 1. The molecule has 0 saturated heterocycles. The van der Waals surface area contributed by atoms with Crippen molar-refractivity contribution in [2.75, 3.05) is 25.5 Å². The van der Waals surface area contributed by atoms with Gasteiger partial charge >= 0.3 is 6.18 Å². The van der Waals surface area contributed by atoms with E-state index in [1.165, 1.54) is 7.11 Å². The van der Waals surface area contributed by atoms with Crippen LogP contribution in [-0.2, 0) is 6.18 Å². The number of anilines is 1. The molecule has 0 aliphatic carbocycles. The van der Waals surface area contributed by atoms with Crippen LogP contribution in [0, 0.1) is 0 Å². The van der Waals surface area contributed by atoms with E-state index < -0.39 is 11.7 Å². The first-order valence-corrected chi connectivity index (χ1v) is 8.48. The highest BCUT2D eigenvalue weighted by atomic mass is 79.9. The number of rotatable bonds is 6. The van der Waals surface area contributed by atoms with Crippen LogP contribution in [0.1, 0.15) is 15.9 Å². The van der Waals surface area contributed by atoms with Crippen LogP contribution in [0.3, 0.4) is 0 Å². The molecule has 1 amide bonds. The number of nitrogens with zero attached hydrogens (tertiary/aromatic N) is 1. The molecular weight excluding hydrogens is 439 g/mol. The Labute approximate surface area is 161 Å². The minimum Gasteiger partial charge on any atom is -0.496 e. The van der Waals surface area contributed by atoms with Gasteiger partial charge in [-0.1, -0.05) is 11.6 Å². The lowest BCUT2D eigenvalue weighted by molar-refractivity contribution is -0.137. The first-order valence-electron chi connectivity index (χ1n) is 7.30. The smallest absolute Gasteiger partial charge is 0.417 e. The number of benzene rings is 1. The van der Waals surface area contributed by atoms with Gasteiger partial charge in [0.05, 0.1) is 22.2 Å². The third-order valence-corrected chi connectivity index (χ3v) is 4.19. The van der Waals surface area contributed by atoms with E-state index in [0.29, 0.717) is 22.0 Å². The lowest BCUT2D eigenvalue weighted by Gasteiger charge is -2.11. The summed E-state index contributed by atoms with van der Waals surface area (Å²) in [4.78, 5) is 15.7. The van der Waals surface area contributed by atoms with Crippen LogP contribution in [0.25, 0.3) is 0 Å². The summed E-state index contributed by atoms with van der Waals surface area (Å²) in [5, 5.41) is 5.30. The lowest BCUT2D eigenvalue weighted by Crippen LogP contribution is -2.29. The number of halogens is 5. The number of methoxy groups -OCH3 is 1. The van der Waals surface area contributed by atoms with Gasteiger partial charge in [-0.15, -0.1) is 0 Å². The fourth-order valence-electron chi connectivity index (χ4n) is 1.99. The van der Waals surface area contributed by atoms with Crippen LogP contribution in [-0.4, -0.2) is 31.1 Å². The van der Waals surface area contributed by atoms with Crippen molar-refractivity contribution in [1.29, 1.82) is 0 Å². The van der Waals surface area contributed by atoms with Crippen molar-refractivity contribution in [2.24, 2.45) is 0 Å². The summed E-state index contributed by atoms with van der Waals surface area (Å²) in [6.07, 6.45) is -3.81. The molecule has 0 saturated carbocycles. The average Bonchev–Trinajstić information content (AvgIpc) is 2.58. The molecule has 10 heteroatoms. The van der Waals surface area contributed by atoms with E-state index in [-0.39, 0.29) is 29.8 Å². The van der Waals surface area contributed by atoms with E-state index in [1.54, 1.807) is 18.2 Å². The normalized spacial score (nSPS) is 11.2. The highest BCUT2D eigenvalue weighted by Gasteiger charge is 2.31. The number of hydrogen-bond donors (Lipinski definition) is 2. The van der Waals surface area contributed by atoms with Crippen LogP contribution in [0.15, 0.2) is 34.9 Å². The Morgan fingerprint density at radius 3 is 2.62 bits per heavy atom. The fraction of sp³-hybridized carbons (Fsp3) is 0.250. The van der Waals surface area contributed by atoms with Gasteiger partial charge in [-0.05, 0) is 40.2 Å². The number of alkyl halides is 3. The summed E-state index contributed by atoms with van der Waals surface area (Å²) in [5.41, 5.74) is -0.491. The number of carbonyl (C=O) groups is 1. The predicted octanol–water partition coefficient (Wildman–Crippen LogP) is 4.37. The highest BCUT2D eigenvalue weighted by Crippen LogP contribution is 2.32. The van der Waals surface area contributed by atoms with Crippen LogP contribution >= 0.6 is 27.5 Å². The molecule has 0 spiro atoms. The van der Waals surface area contributed by atoms with Gasteiger partial charge in [0, 0.05) is 24.8 Å². The molecule has 0 aliphatic heterocycles. The predicted molar refractivity (Wildman–Crippen MR) is 95.8 cm³/mol. The van der Waals surface area contributed by atoms with E-state index >= 15 is 0 Å². The van der Waals surface area contributed by atoms with Gasteiger partial charge in [0.25, 0.3) is 5.91 Å². The van der Waals surface area contributed by atoms with E-state index in [1.807, 2.05) is 0 Å². The minimum absolute atomic E-state index is 0.112. The largest absolute Gasteiger partial charge is 0.496 e. The zero-order valence-electron chi connectivity index (χ0n) is 13.5. The number of nitrogens with one attached hydrogen (secondary N) is 2. The molecule has 0 radical (unpaired) electrons. The van der Waals surface area contributed by atoms with Crippen molar-refractivity contribution in [3.05, 3.63) is 51.1 Å². The molecule has 0 bridgehead atoms. The van der Waals surface area contributed by atoms with Gasteiger partial charge in [0.1, 0.15) is 11.6 Å². The van der Waals surface area contributed by atoms with Gasteiger partial charge in [-0.2, -0.15) is 13.2 Å². The maximum Gasteiger partial charge on any atom is 0.417 e. The van der Waals surface area contributed by atoms with Crippen LogP contribution in [0.5, 0.6) is 5.75 Å². The topological polar surface area (TPSA) is 63.2 Å². The molecule has 0 aliphatic rings. The van der Waals surface area contributed by atoms with Gasteiger partial charge in [0.2, 0.25) is 0 Å². The maximum absolute atomic E-state index is 12.6. The van der Waals surface area contributed by atoms with Crippen LogP contribution < -0.4 is 15.4 Å². The molecular formula is C16H14BrClF3N3O2. The zero-order chi connectivity index (χ0) is 19.3. The summed E-state index contributed by atoms with van der Waals surface area (Å²) in [6, 6.07) is 5.68. The highest BCUT2D eigenvalue weighted by molar-refractivity contribution is 9.10. The number of pyridine rings is 1. The molecule has 5 nitrogen and oxygen atoms in total. The molecule has 1 aromatic heterocycles. The fourth-order valence-corrected chi connectivity index (χ4v) is 2.76. The van der Waals surface area contributed by atoms with E-state index in [0.717, 1.165) is 6.07 Å². The van der Waals surface area contributed by atoms with E-state index in [9.17, 15) is 18.0 Å². The Balaban J connectivity index is 1.87. The Bertz CT molecular complexity index is 803. The number of ether oxygens (including phenoxy) is 1. The molecule has 2 aromatic rings. The van der Waals surface area contributed by atoms with E-state index in [2.05, 4.69) is 31.5 Å². The molecule has 1 aromatic carbocycles. The Morgan fingerprint density at radius 2 is 2.04 bits per heavy atom. The SMILES string of the molecule is COc1ccc(C(=O)NCCNc2ncc(C(F)(F)F)cc2Cl)cc1Br. The molecule has 26 heavy (non-hydrogen) atoms. The number of hydrogen-bond acceptors (Lipinski definition) is 4. The summed E-state index contributed by atoms with van der Waals surface area (Å²) in [5.74, 6) is 0.411. The standard InChI is InChI=1S/C16H14BrClF3N3O2/c1-26-13-3-2-9(6-11(13)17)15(25)23-5-4-22-14-12(18)7-10(8-24-14)16(19,20)21/h2-3,6-8H,4-5H2,1H3,(H,22,24)(H,23,25). The van der Waals surface area contributed by atoms with Crippen LogP contribution in [0.2, 0.25) is 5.02 Å². The van der Waals surface area contributed by atoms with Crippen molar-refractivity contribution in [1.82, 2.24) is 10.3 Å². The van der Waals surface area contributed by atoms with Crippen molar-refractivity contribution in [2.45, 2.75) is 6.18 Å². The van der Waals surface area contributed by atoms with Crippen molar-refractivity contribution in [3.8, 4) is 5.75 Å². The van der Waals surface area contributed by atoms with Gasteiger partial charge in [-0.25, -0.2) is 4.98 Å². The Hall–Kier alpha value is -2.00. The van der Waals surface area contributed by atoms with E-state index in [4.69, 9.17) is 16.3 Å². The van der Waals surface area contributed by atoms with Crippen LogP contribution in [0.4, 0.5) is 19.0 Å². The maximum atomic E-state index is 12.6. The number of carbonyl (C=O) groups excluding carboxylic acids is 1. The molecule has 2 rings (SSSR count). The minimum atomic E-state index is -4.50. The molecule has 2 N–H and O–H groups in total. The summed E-state index contributed by atoms with van der Waals surface area (Å²) in [7, 11) is 1.52. The summed E-state index contributed by atoms with van der Waals surface area (Å²) < 4.78 is 43.4. The monoisotopic (exact) mass is 451 g/mol. The third-order valence-electron chi connectivity index (χ3n) is 3.29. The second-order valence-corrected chi connectivity index (χ2v) is 6.35. The van der Waals surface area contributed by atoms with Gasteiger partial charge in [0.15, 0.2) is 0 Å². The molecule has 140 valence electrons. The van der Waals surface area contributed by atoms with Crippen molar-refractivity contribution < 1.29 is 22.7 Å². The molecule has 1 heterocycles. The molecule has 0 unspecified atom stereocenters. The third kappa shape index (κ3) is 5.25. The lowest BCUT2D eigenvalue weighted by atomic mass is 10.2. The Kier molecular flexibility index (Phi) is 6.71.